The van der Waals surface area contributed by atoms with Gasteiger partial charge in [-0.05, 0) is 45.0 Å². The Labute approximate surface area is 151 Å². The SMILES string of the molecule is C#CCSCC(NC(=O)OC(C)(C)C)C(=O)Oc1ccc(C=O)cc1. The van der Waals surface area contributed by atoms with Gasteiger partial charge in [0, 0.05) is 11.3 Å². The monoisotopic (exact) mass is 363 g/mol. The standard InChI is InChI=1S/C18H21NO5S/c1-5-10-25-12-15(19-17(22)24-18(2,3)4)16(21)23-14-8-6-13(11-20)7-9-14/h1,6-9,11,15H,10,12H2,2-4H3,(H,19,22). The normalized spacial score (nSPS) is 11.8. The van der Waals surface area contributed by atoms with E-state index >= 15 is 0 Å². The molecule has 0 aromatic heterocycles. The van der Waals surface area contributed by atoms with E-state index in [1.54, 1.807) is 20.8 Å². The van der Waals surface area contributed by atoms with E-state index in [1.165, 1.54) is 36.0 Å². The maximum absolute atomic E-state index is 12.3. The van der Waals surface area contributed by atoms with Crippen LogP contribution in [0.25, 0.3) is 0 Å². The van der Waals surface area contributed by atoms with Crippen molar-refractivity contribution in [3.8, 4) is 18.1 Å². The van der Waals surface area contributed by atoms with Crippen LogP contribution in [0.15, 0.2) is 24.3 Å². The van der Waals surface area contributed by atoms with Crippen molar-refractivity contribution in [2.24, 2.45) is 0 Å². The highest BCUT2D eigenvalue weighted by atomic mass is 32.2. The number of benzene rings is 1. The van der Waals surface area contributed by atoms with E-state index in [0.717, 1.165) is 0 Å². The minimum absolute atomic E-state index is 0.245. The molecule has 0 saturated heterocycles. The molecule has 1 atom stereocenters. The second-order valence-corrected chi connectivity index (χ2v) is 7.06. The molecule has 7 heteroatoms. The number of esters is 1. The number of rotatable bonds is 7. The minimum atomic E-state index is -0.918. The fourth-order valence-electron chi connectivity index (χ4n) is 1.66. The molecule has 0 heterocycles. The molecule has 6 nitrogen and oxygen atoms in total. The average Bonchev–Trinajstić information content (AvgIpc) is 2.53. The summed E-state index contributed by atoms with van der Waals surface area (Å²) in [5.74, 6) is 2.72. The second kappa shape index (κ2) is 9.74. The summed E-state index contributed by atoms with van der Waals surface area (Å²) in [4.78, 5) is 34.9. The van der Waals surface area contributed by atoms with Gasteiger partial charge in [-0.2, -0.15) is 0 Å². The van der Waals surface area contributed by atoms with Gasteiger partial charge in [-0.15, -0.1) is 18.2 Å². The number of thioether (sulfide) groups is 1. The Hall–Kier alpha value is -2.46. The molecule has 1 aromatic carbocycles. The zero-order chi connectivity index (χ0) is 18.9. The van der Waals surface area contributed by atoms with Crippen LogP contribution in [0.4, 0.5) is 4.79 Å². The second-order valence-electron chi connectivity index (χ2n) is 6.03. The average molecular weight is 363 g/mol. The first-order valence-electron chi connectivity index (χ1n) is 7.53. The molecule has 0 aliphatic carbocycles. The van der Waals surface area contributed by atoms with Crippen LogP contribution < -0.4 is 10.1 Å². The number of carbonyl (C=O) groups is 3. The lowest BCUT2D eigenvalue weighted by atomic mass is 10.2. The van der Waals surface area contributed by atoms with Crippen molar-refractivity contribution in [2.75, 3.05) is 11.5 Å². The van der Waals surface area contributed by atoms with Gasteiger partial charge >= 0.3 is 12.1 Å². The highest BCUT2D eigenvalue weighted by molar-refractivity contribution is 7.99. The zero-order valence-electron chi connectivity index (χ0n) is 14.4. The molecule has 0 saturated carbocycles. The van der Waals surface area contributed by atoms with Gasteiger partial charge in [-0.3, -0.25) is 4.79 Å². The molecule has 0 fully saturated rings. The molecular formula is C18H21NO5S. The summed E-state index contributed by atoms with van der Waals surface area (Å²) >= 11 is 1.31. The van der Waals surface area contributed by atoms with Gasteiger partial charge in [-0.1, -0.05) is 5.92 Å². The summed E-state index contributed by atoms with van der Waals surface area (Å²) in [5.41, 5.74) is -0.220. The molecule has 1 unspecified atom stereocenters. The predicted octanol–water partition coefficient (Wildman–Crippen LogP) is 2.66. The van der Waals surface area contributed by atoms with Crippen LogP contribution in [-0.2, 0) is 9.53 Å². The van der Waals surface area contributed by atoms with E-state index in [9.17, 15) is 14.4 Å². The first-order valence-corrected chi connectivity index (χ1v) is 8.68. The summed E-state index contributed by atoms with van der Waals surface area (Å²) in [5, 5.41) is 2.49. The number of ether oxygens (including phenoxy) is 2. The van der Waals surface area contributed by atoms with Gasteiger partial charge in [0.2, 0.25) is 0 Å². The Morgan fingerprint density at radius 3 is 2.48 bits per heavy atom. The Kier molecular flexibility index (Phi) is 8.02. The van der Waals surface area contributed by atoms with Crippen molar-refractivity contribution in [3.63, 3.8) is 0 Å². The molecule has 1 aromatic rings. The van der Waals surface area contributed by atoms with Gasteiger partial charge in [0.25, 0.3) is 0 Å². The number of hydrogen-bond acceptors (Lipinski definition) is 6. The molecule has 25 heavy (non-hydrogen) atoms. The van der Waals surface area contributed by atoms with Crippen LogP contribution in [0.1, 0.15) is 31.1 Å². The van der Waals surface area contributed by atoms with Crippen LogP contribution >= 0.6 is 11.8 Å². The number of nitrogens with one attached hydrogen (secondary N) is 1. The molecule has 0 aliphatic heterocycles. The topological polar surface area (TPSA) is 81.7 Å². The lowest BCUT2D eigenvalue weighted by molar-refractivity contribution is -0.136. The van der Waals surface area contributed by atoms with Gasteiger partial charge in [-0.25, -0.2) is 9.59 Å². The number of alkyl carbamates (subject to hydrolysis) is 1. The number of terminal acetylenes is 1. The van der Waals surface area contributed by atoms with E-state index < -0.39 is 23.7 Å². The van der Waals surface area contributed by atoms with E-state index in [-0.39, 0.29) is 11.5 Å². The third-order valence-corrected chi connectivity index (χ3v) is 3.62. The van der Waals surface area contributed by atoms with Crippen LogP contribution in [0.2, 0.25) is 0 Å². The van der Waals surface area contributed by atoms with Crippen LogP contribution in [-0.4, -0.2) is 41.5 Å². The minimum Gasteiger partial charge on any atom is -0.444 e. The van der Waals surface area contributed by atoms with E-state index in [4.69, 9.17) is 15.9 Å². The number of carbonyl (C=O) groups excluding carboxylic acids is 3. The Balaban J connectivity index is 2.75. The summed E-state index contributed by atoms with van der Waals surface area (Å²) < 4.78 is 10.4. The van der Waals surface area contributed by atoms with Crippen molar-refractivity contribution in [3.05, 3.63) is 29.8 Å². The number of aldehydes is 1. The fraction of sp³-hybridized carbons (Fsp3) is 0.389. The fourth-order valence-corrected chi connectivity index (χ4v) is 2.35. The quantitative estimate of drug-likeness (QED) is 0.264. The third-order valence-electron chi connectivity index (χ3n) is 2.68. The van der Waals surface area contributed by atoms with Crippen molar-refractivity contribution >= 4 is 30.1 Å². The molecule has 0 spiro atoms. The summed E-state index contributed by atoms with van der Waals surface area (Å²) in [6.07, 6.45) is 5.17. The molecule has 134 valence electrons. The van der Waals surface area contributed by atoms with Crippen LogP contribution in [0.3, 0.4) is 0 Å². The molecule has 0 aliphatic rings. The van der Waals surface area contributed by atoms with Gasteiger partial charge < -0.3 is 14.8 Å². The highest BCUT2D eigenvalue weighted by Gasteiger charge is 2.26. The summed E-state index contributed by atoms with van der Waals surface area (Å²) in [6, 6.07) is 5.14. The molecule has 0 radical (unpaired) electrons. The van der Waals surface area contributed by atoms with Gasteiger partial charge in [0.15, 0.2) is 0 Å². The predicted molar refractivity (Wildman–Crippen MR) is 96.8 cm³/mol. The summed E-state index contributed by atoms with van der Waals surface area (Å²) in [7, 11) is 0. The van der Waals surface area contributed by atoms with Gasteiger partial charge in [0.1, 0.15) is 23.7 Å². The Morgan fingerprint density at radius 2 is 1.96 bits per heavy atom. The van der Waals surface area contributed by atoms with Crippen molar-refractivity contribution in [1.82, 2.24) is 5.32 Å². The largest absolute Gasteiger partial charge is 0.444 e. The number of amides is 1. The van der Waals surface area contributed by atoms with Crippen LogP contribution in [0.5, 0.6) is 5.75 Å². The van der Waals surface area contributed by atoms with Gasteiger partial charge in [0.05, 0.1) is 5.75 Å². The van der Waals surface area contributed by atoms with E-state index in [0.29, 0.717) is 17.6 Å². The van der Waals surface area contributed by atoms with Crippen molar-refractivity contribution in [2.45, 2.75) is 32.4 Å². The van der Waals surface area contributed by atoms with Crippen LogP contribution in [0, 0.1) is 12.3 Å². The third kappa shape index (κ3) is 8.27. The van der Waals surface area contributed by atoms with E-state index in [1.807, 2.05) is 0 Å². The molecule has 1 rings (SSSR count). The molecular weight excluding hydrogens is 342 g/mol. The first kappa shape index (κ1) is 20.6. The molecule has 1 amide bonds. The highest BCUT2D eigenvalue weighted by Crippen LogP contribution is 2.14. The number of hydrogen-bond donors (Lipinski definition) is 1. The lowest BCUT2D eigenvalue weighted by Gasteiger charge is -2.22. The maximum Gasteiger partial charge on any atom is 0.408 e. The maximum atomic E-state index is 12.3. The van der Waals surface area contributed by atoms with Crippen molar-refractivity contribution in [1.29, 1.82) is 0 Å². The summed E-state index contributed by atoms with van der Waals surface area (Å²) in [6.45, 7) is 5.17. The molecule has 0 bridgehead atoms. The lowest BCUT2D eigenvalue weighted by Crippen LogP contribution is -2.46. The van der Waals surface area contributed by atoms with E-state index in [2.05, 4.69) is 11.2 Å². The Morgan fingerprint density at radius 1 is 1.32 bits per heavy atom. The molecule has 1 N–H and O–H groups in total. The zero-order valence-corrected chi connectivity index (χ0v) is 15.2. The Bertz CT molecular complexity index is 643. The first-order chi connectivity index (χ1) is 11.7. The smallest absolute Gasteiger partial charge is 0.408 e. The van der Waals surface area contributed by atoms with Crippen molar-refractivity contribution < 1.29 is 23.9 Å².